The molecule has 0 aliphatic carbocycles. The summed E-state index contributed by atoms with van der Waals surface area (Å²) in [5.41, 5.74) is 0.340. The van der Waals surface area contributed by atoms with Crippen molar-refractivity contribution < 1.29 is 0 Å². The van der Waals surface area contributed by atoms with Crippen LogP contribution in [0.2, 0.25) is 0 Å². The standard InChI is InChI=1S/C17H9N3OS2/c18-10-12(11-19)17-20(13-5-2-1-3-6-13)16(21)15(23-17)9-14-7-4-8-22-14/h1-9H/b15-9-. The first-order valence-electron chi connectivity index (χ1n) is 6.61. The lowest BCUT2D eigenvalue weighted by Crippen LogP contribution is -2.30. The number of rotatable bonds is 2. The average Bonchev–Trinajstić information content (AvgIpc) is 3.19. The second-order valence-corrected chi connectivity index (χ2v) is 6.52. The summed E-state index contributed by atoms with van der Waals surface area (Å²) >= 11 is 2.68. The third kappa shape index (κ3) is 2.86. The van der Waals surface area contributed by atoms with Crippen molar-refractivity contribution in [1.29, 1.82) is 10.5 Å². The highest BCUT2D eigenvalue weighted by Gasteiger charge is 2.10. The molecule has 0 radical (unpaired) electrons. The van der Waals surface area contributed by atoms with Crippen LogP contribution in [0.4, 0.5) is 0 Å². The number of aromatic nitrogens is 1. The molecule has 3 aromatic rings. The Labute approximate surface area is 139 Å². The van der Waals surface area contributed by atoms with E-state index in [1.54, 1.807) is 18.2 Å². The maximum atomic E-state index is 12.8. The van der Waals surface area contributed by atoms with E-state index in [0.29, 0.717) is 14.9 Å². The molecule has 0 aliphatic heterocycles. The summed E-state index contributed by atoms with van der Waals surface area (Å²) in [6.07, 6.45) is 1.78. The molecule has 0 saturated heterocycles. The molecule has 2 heterocycles. The summed E-state index contributed by atoms with van der Waals surface area (Å²) in [6, 6.07) is 16.6. The highest BCUT2D eigenvalue weighted by molar-refractivity contribution is 7.11. The number of para-hydroxylation sites is 1. The maximum Gasteiger partial charge on any atom is 0.273 e. The zero-order valence-electron chi connectivity index (χ0n) is 11.8. The van der Waals surface area contributed by atoms with E-state index in [0.717, 1.165) is 16.2 Å². The minimum atomic E-state index is -0.229. The van der Waals surface area contributed by atoms with E-state index in [2.05, 4.69) is 0 Å². The highest BCUT2D eigenvalue weighted by Crippen LogP contribution is 2.09. The predicted molar refractivity (Wildman–Crippen MR) is 91.7 cm³/mol. The van der Waals surface area contributed by atoms with Gasteiger partial charge in [-0.2, -0.15) is 10.5 Å². The fraction of sp³-hybridized carbons (Fsp3) is 0. The van der Waals surface area contributed by atoms with Crippen molar-refractivity contribution in [2.45, 2.75) is 0 Å². The number of thiophene rings is 1. The van der Waals surface area contributed by atoms with Crippen LogP contribution in [0.1, 0.15) is 4.88 Å². The van der Waals surface area contributed by atoms with Crippen LogP contribution in [0.15, 0.2) is 52.6 Å². The fourth-order valence-corrected chi connectivity index (χ4v) is 3.86. The fourth-order valence-electron chi connectivity index (χ4n) is 2.08. The zero-order chi connectivity index (χ0) is 16.2. The van der Waals surface area contributed by atoms with Gasteiger partial charge in [-0.25, -0.2) is 0 Å². The van der Waals surface area contributed by atoms with Crippen LogP contribution in [-0.2, 0) is 0 Å². The van der Waals surface area contributed by atoms with Gasteiger partial charge in [0.15, 0.2) is 5.57 Å². The van der Waals surface area contributed by atoms with Crippen molar-refractivity contribution >= 4 is 34.3 Å². The van der Waals surface area contributed by atoms with Crippen LogP contribution in [0.3, 0.4) is 0 Å². The largest absolute Gasteiger partial charge is 0.273 e. The molecule has 2 aromatic heterocycles. The molecular formula is C17H9N3OS2. The van der Waals surface area contributed by atoms with Crippen molar-refractivity contribution in [3.05, 3.63) is 72.3 Å². The molecule has 0 bridgehead atoms. The van der Waals surface area contributed by atoms with Gasteiger partial charge in [-0.1, -0.05) is 24.3 Å². The molecule has 0 spiro atoms. The number of benzene rings is 1. The Morgan fingerprint density at radius 2 is 1.83 bits per heavy atom. The Hall–Kier alpha value is -2.93. The van der Waals surface area contributed by atoms with Gasteiger partial charge in [0.1, 0.15) is 16.8 Å². The van der Waals surface area contributed by atoms with Gasteiger partial charge in [-0.3, -0.25) is 9.36 Å². The van der Waals surface area contributed by atoms with Gasteiger partial charge in [0.25, 0.3) is 5.56 Å². The summed E-state index contributed by atoms with van der Waals surface area (Å²) in [4.78, 5) is 13.7. The van der Waals surface area contributed by atoms with Crippen LogP contribution in [0.25, 0.3) is 17.3 Å². The van der Waals surface area contributed by atoms with E-state index < -0.39 is 0 Å². The van der Waals surface area contributed by atoms with E-state index in [1.807, 2.05) is 47.9 Å². The lowest BCUT2D eigenvalue weighted by molar-refractivity contribution is 0.988. The van der Waals surface area contributed by atoms with Gasteiger partial charge in [0, 0.05) is 4.88 Å². The van der Waals surface area contributed by atoms with Gasteiger partial charge >= 0.3 is 0 Å². The molecular weight excluding hydrogens is 326 g/mol. The van der Waals surface area contributed by atoms with E-state index in [-0.39, 0.29) is 11.1 Å². The Kier molecular flexibility index (Phi) is 4.20. The van der Waals surface area contributed by atoms with Gasteiger partial charge in [-0.05, 0) is 29.7 Å². The van der Waals surface area contributed by atoms with Crippen LogP contribution in [0, 0.1) is 22.7 Å². The van der Waals surface area contributed by atoms with Crippen molar-refractivity contribution in [3.8, 4) is 17.8 Å². The molecule has 1 aromatic carbocycles. The summed E-state index contributed by atoms with van der Waals surface area (Å²) in [7, 11) is 0. The Bertz CT molecular complexity index is 1080. The average molecular weight is 335 g/mol. The van der Waals surface area contributed by atoms with Gasteiger partial charge in [0.05, 0.1) is 10.2 Å². The first-order valence-corrected chi connectivity index (χ1v) is 8.31. The number of nitriles is 2. The molecule has 6 heteroatoms. The van der Waals surface area contributed by atoms with E-state index >= 15 is 0 Å². The van der Waals surface area contributed by atoms with Crippen molar-refractivity contribution in [2.75, 3.05) is 0 Å². The first kappa shape index (κ1) is 15.0. The number of hydrogen-bond acceptors (Lipinski definition) is 5. The number of hydrogen-bond donors (Lipinski definition) is 0. The van der Waals surface area contributed by atoms with Crippen LogP contribution < -0.4 is 14.8 Å². The second kappa shape index (κ2) is 6.45. The predicted octanol–water partition coefficient (Wildman–Crippen LogP) is 1.99. The van der Waals surface area contributed by atoms with Crippen LogP contribution >= 0.6 is 22.7 Å². The third-order valence-electron chi connectivity index (χ3n) is 3.09. The molecule has 3 rings (SSSR count). The van der Waals surface area contributed by atoms with Crippen LogP contribution in [-0.4, -0.2) is 4.57 Å². The molecule has 0 atom stereocenters. The third-order valence-corrected chi connectivity index (χ3v) is 5.00. The summed E-state index contributed by atoms with van der Waals surface area (Å²) in [5.74, 6) is 0. The normalized spacial score (nSPS) is 11.0. The van der Waals surface area contributed by atoms with Gasteiger partial charge in [-0.15, -0.1) is 22.7 Å². The first-order chi connectivity index (χ1) is 11.2. The van der Waals surface area contributed by atoms with Crippen LogP contribution in [0.5, 0.6) is 0 Å². The summed E-state index contributed by atoms with van der Waals surface area (Å²) in [6.45, 7) is 0. The lowest BCUT2D eigenvalue weighted by atomic mass is 10.3. The molecule has 110 valence electrons. The van der Waals surface area contributed by atoms with Gasteiger partial charge < -0.3 is 0 Å². The smallest absolute Gasteiger partial charge is 0.267 e. The van der Waals surface area contributed by atoms with E-state index in [4.69, 9.17) is 0 Å². The lowest BCUT2D eigenvalue weighted by Gasteiger charge is -2.00. The SMILES string of the molecule is N#CC(C#N)=c1s/c(=C\c2cccs2)c(=O)n1-c1ccccc1. The quantitative estimate of drug-likeness (QED) is 0.719. The molecule has 0 fully saturated rings. The van der Waals surface area contributed by atoms with Gasteiger partial charge in [0.2, 0.25) is 0 Å². The van der Waals surface area contributed by atoms with E-state index in [1.165, 1.54) is 15.9 Å². The molecule has 0 N–H and O–H groups in total. The topological polar surface area (TPSA) is 69.6 Å². The van der Waals surface area contributed by atoms with Crippen molar-refractivity contribution in [3.63, 3.8) is 0 Å². The number of nitrogens with zero attached hydrogens (tertiary/aromatic N) is 3. The monoisotopic (exact) mass is 335 g/mol. The highest BCUT2D eigenvalue weighted by atomic mass is 32.1. The van der Waals surface area contributed by atoms with E-state index in [9.17, 15) is 15.3 Å². The molecule has 23 heavy (non-hydrogen) atoms. The minimum absolute atomic E-state index is 0.0678. The van der Waals surface area contributed by atoms with Crippen molar-refractivity contribution in [2.24, 2.45) is 0 Å². The molecule has 0 amide bonds. The molecule has 0 saturated carbocycles. The van der Waals surface area contributed by atoms with Crippen molar-refractivity contribution in [1.82, 2.24) is 4.57 Å². The maximum absolute atomic E-state index is 12.8. The minimum Gasteiger partial charge on any atom is -0.267 e. The summed E-state index contributed by atoms with van der Waals surface area (Å²) in [5, 5.41) is 20.3. The summed E-state index contributed by atoms with van der Waals surface area (Å²) < 4.78 is 2.27. The molecule has 0 unspecified atom stereocenters. The second-order valence-electron chi connectivity index (χ2n) is 4.51. The Morgan fingerprint density at radius 3 is 2.43 bits per heavy atom. The number of thiazole rings is 1. The molecule has 0 aliphatic rings. The Morgan fingerprint density at radius 1 is 1.09 bits per heavy atom. The molecule has 4 nitrogen and oxygen atoms in total. The Balaban J connectivity index is 2.43. The zero-order valence-corrected chi connectivity index (χ0v) is 13.4.